The molecule has 2 saturated carbocycles. The highest BCUT2D eigenvalue weighted by Gasteiger charge is 2.33. The molecule has 0 unspecified atom stereocenters. The summed E-state index contributed by atoms with van der Waals surface area (Å²) in [4.78, 5) is 27.6. The number of fused-ring (bicyclic) bond motifs is 2. The molecule has 232 valence electrons. The summed E-state index contributed by atoms with van der Waals surface area (Å²) in [6.07, 6.45) is 8.32. The van der Waals surface area contributed by atoms with Crippen LogP contribution in [-0.4, -0.2) is 61.9 Å². The lowest BCUT2D eigenvalue weighted by Gasteiger charge is -2.36. The number of hydrogen-bond donors (Lipinski definition) is 1. The fraction of sp³-hybridized carbons (Fsp3) is 0.514. The van der Waals surface area contributed by atoms with E-state index in [0.29, 0.717) is 44.0 Å². The van der Waals surface area contributed by atoms with Crippen LogP contribution in [0.3, 0.4) is 0 Å². The minimum absolute atomic E-state index is 0.0104. The second-order valence-electron chi connectivity index (χ2n) is 13.1. The number of halogens is 1. The number of piperidine rings is 1. The summed E-state index contributed by atoms with van der Waals surface area (Å²) in [5, 5.41) is 15.7. The van der Waals surface area contributed by atoms with Crippen LogP contribution in [0.1, 0.15) is 85.7 Å². The van der Waals surface area contributed by atoms with Gasteiger partial charge in [0.05, 0.1) is 35.0 Å². The van der Waals surface area contributed by atoms with E-state index in [1.165, 1.54) is 12.8 Å². The zero-order valence-electron chi connectivity index (χ0n) is 25.6. The van der Waals surface area contributed by atoms with Crippen LogP contribution in [-0.2, 0) is 16.1 Å². The van der Waals surface area contributed by atoms with Crippen molar-refractivity contribution in [2.75, 3.05) is 19.7 Å². The topological polar surface area (TPSA) is 89.1 Å². The smallest absolute Gasteiger partial charge is 0.339 e. The average molecular weight is 601 g/mol. The molecule has 4 heterocycles. The standard InChI is InChI=1S/C35H41FN4O4/c1-3-44-35(43)25-8-11-30-21(2)32(37-40(30)20-25)31-17-26-16-27(36)18-29(33(26)39(31)19-22-4-5-22)23-12-14-38(15-13-23)34(42)24-6-9-28(41)10-7-24/h8,11,16-18,20,22-24,28,41H,3-7,9-10,12-15,19H2,1-2H3/t24-,28+. The van der Waals surface area contributed by atoms with Gasteiger partial charge in [-0.1, -0.05) is 0 Å². The Bertz CT molecular complexity index is 1720. The molecule has 4 aromatic rings. The van der Waals surface area contributed by atoms with Gasteiger partial charge in [0.1, 0.15) is 11.5 Å². The number of amides is 1. The lowest BCUT2D eigenvalue weighted by Crippen LogP contribution is -2.42. The van der Waals surface area contributed by atoms with Gasteiger partial charge in [-0.3, -0.25) is 4.79 Å². The van der Waals surface area contributed by atoms with Gasteiger partial charge in [-0.2, -0.15) is 5.10 Å². The Hall–Kier alpha value is -3.72. The molecule has 8 nitrogen and oxygen atoms in total. The Kier molecular flexibility index (Phi) is 7.69. The predicted octanol–water partition coefficient (Wildman–Crippen LogP) is 6.25. The van der Waals surface area contributed by atoms with Crippen molar-refractivity contribution in [2.45, 2.75) is 83.8 Å². The van der Waals surface area contributed by atoms with Gasteiger partial charge >= 0.3 is 5.97 Å². The maximum atomic E-state index is 15.2. The highest BCUT2D eigenvalue weighted by atomic mass is 19.1. The fourth-order valence-corrected chi connectivity index (χ4v) is 7.41. The molecule has 0 bridgehead atoms. The van der Waals surface area contributed by atoms with Crippen molar-refractivity contribution in [1.82, 2.24) is 19.1 Å². The maximum Gasteiger partial charge on any atom is 0.339 e. The number of carbonyl (C=O) groups excluding carboxylic acids is 2. The van der Waals surface area contributed by atoms with Crippen molar-refractivity contribution < 1.29 is 23.8 Å². The number of aromatic nitrogens is 3. The molecule has 1 aliphatic heterocycles. The lowest BCUT2D eigenvalue weighted by atomic mass is 9.84. The van der Waals surface area contributed by atoms with Crippen molar-refractivity contribution in [2.24, 2.45) is 11.8 Å². The fourth-order valence-electron chi connectivity index (χ4n) is 7.41. The highest BCUT2D eigenvalue weighted by Crippen LogP contribution is 2.42. The molecule has 0 atom stereocenters. The molecule has 9 heteroatoms. The van der Waals surface area contributed by atoms with Crippen LogP contribution in [0, 0.1) is 24.6 Å². The van der Waals surface area contributed by atoms with E-state index in [9.17, 15) is 14.7 Å². The van der Waals surface area contributed by atoms with Crippen LogP contribution in [0.2, 0.25) is 0 Å². The van der Waals surface area contributed by atoms with E-state index < -0.39 is 0 Å². The zero-order chi connectivity index (χ0) is 30.5. The number of pyridine rings is 1. The molecule has 0 spiro atoms. The first kappa shape index (κ1) is 29.0. The van der Waals surface area contributed by atoms with Crippen molar-refractivity contribution >= 4 is 28.3 Å². The number of esters is 1. The van der Waals surface area contributed by atoms with Gasteiger partial charge in [0.25, 0.3) is 0 Å². The molecule has 3 aromatic heterocycles. The third-order valence-corrected chi connectivity index (χ3v) is 10.0. The molecule has 44 heavy (non-hydrogen) atoms. The Morgan fingerprint density at radius 2 is 1.77 bits per heavy atom. The molecule has 2 aliphatic carbocycles. The molecule has 7 rings (SSSR count). The molecular formula is C35H41FN4O4. The number of aliphatic hydroxyl groups is 1. The second kappa shape index (κ2) is 11.7. The van der Waals surface area contributed by atoms with Gasteiger partial charge in [0.2, 0.25) is 5.91 Å². The van der Waals surface area contributed by atoms with Crippen molar-refractivity contribution in [3.63, 3.8) is 0 Å². The third-order valence-electron chi connectivity index (χ3n) is 10.0. The quantitative estimate of drug-likeness (QED) is 0.254. The normalized spacial score (nSPS) is 21.3. The number of benzene rings is 1. The van der Waals surface area contributed by atoms with E-state index in [4.69, 9.17) is 9.84 Å². The lowest BCUT2D eigenvalue weighted by molar-refractivity contribution is -0.138. The van der Waals surface area contributed by atoms with Crippen LogP contribution < -0.4 is 0 Å². The van der Waals surface area contributed by atoms with Crippen LogP contribution in [0.15, 0.2) is 36.5 Å². The number of likely N-dealkylation sites (tertiary alicyclic amines) is 1. The van der Waals surface area contributed by atoms with Crippen molar-refractivity contribution in [3.8, 4) is 11.4 Å². The molecule has 3 fully saturated rings. The number of ether oxygens (including phenoxy) is 1. The Morgan fingerprint density at radius 3 is 2.48 bits per heavy atom. The maximum absolute atomic E-state index is 15.2. The summed E-state index contributed by atoms with van der Waals surface area (Å²) < 4.78 is 24.5. The molecule has 3 aliphatic rings. The summed E-state index contributed by atoms with van der Waals surface area (Å²) in [6.45, 7) is 6.33. The van der Waals surface area contributed by atoms with Crippen molar-refractivity contribution in [1.29, 1.82) is 0 Å². The number of aliphatic hydroxyl groups excluding tert-OH is 1. The summed E-state index contributed by atoms with van der Waals surface area (Å²) in [6, 6.07) is 9.09. The molecule has 1 aromatic carbocycles. The summed E-state index contributed by atoms with van der Waals surface area (Å²) in [5.41, 5.74) is 6.24. The van der Waals surface area contributed by atoms with E-state index in [1.807, 2.05) is 17.9 Å². The number of rotatable bonds is 7. The van der Waals surface area contributed by atoms with Crippen LogP contribution in [0.25, 0.3) is 27.8 Å². The third kappa shape index (κ3) is 5.40. The average Bonchev–Trinajstić information content (AvgIpc) is 3.70. The van der Waals surface area contributed by atoms with E-state index in [0.717, 1.165) is 71.2 Å². The first-order chi connectivity index (χ1) is 21.3. The number of nitrogens with zero attached hydrogens (tertiary/aromatic N) is 4. The number of hydrogen-bond acceptors (Lipinski definition) is 5. The molecule has 0 radical (unpaired) electrons. The van der Waals surface area contributed by atoms with Crippen molar-refractivity contribution in [3.05, 3.63) is 59.0 Å². The van der Waals surface area contributed by atoms with Crippen LogP contribution >= 0.6 is 0 Å². The Morgan fingerprint density at radius 1 is 1.02 bits per heavy atom. The first-order valence-corrected chi connectivity index (χ1v) is 16.3. The number of carbonyl (C=O) groups is 2. The highest BCUT2D eigenvalue weighted by molar-refractivity contribution is 5.92. The summed E-state index contributed by atoms with van der Waals surface area (Å²) in [5.74, 6) is 0.345. The van der Waals surface area contributed by atoms with Crippen LogP contribution in [0.4, 0.5) is 4.39 Å². The second-order valence-corrected chi connectivity index (χ2v) is 13.1. The molecule has 1 saturated heterocycles. The summed E-state index contributed by atoms with van der Waals surface area (Å²) >= 11 is 0. The molecular weight excluding hydrogens is 559 g/mol. The van der Waals surface area contributed by atoms with E-state index >= 15 is 4.39 Å². The first-order valence-electron chi connectivity index (χ1n) is 16.3. The van der Waals surface area contributed by atoms with Gasteiger partial charge < -0.3 is 19.3 Å². The van der Waals surface area contributed by atoms with E-state index in [1.54, 1.807) is 35.8 Å². The molecule has 1 N–H and O–H groups in total. The minimum Gasteiger partial charge on any atom is -0.462 e. The monoisotopic (exact) mass is 600 g/mol. The van der Waals surface area contributed by atoms with Gasteiger partial charge in [-0.05, 0) is 113 Å². The number of aryl methyl sites for hydroxylation is 1. The summed E-state index contributed by atoms with van der Waals surface area (Å²) in [7, 11) is 0. The predicted molar refractivity (Wildman–Crippen MR) is 166 cm³/mol. The van der Waals surface area contributed by atoms with Gasteiger partial charge in [-0.25, -0.2) is 13.7 Å². The SMILES string of the molecule is CCOC(=O)c1ccc2c(C)c(-c3cc4cc(F)cc(C5CCN(C(=O)[C@H]6CC[C@@H](O)CC6)CC5)c4n3CC3CC3)nn2c1. The largest absolute Gasteiger partial charge is 0.462 e. The van der Waals surface area contributed by atoms with Crippen LogP contribution in [0.5, 0.6) is 0 Å². The van der Waals surface area contributed by atoms with Gasteiger partial charge in [0, 0.05) is 42.7 Å². The van der Waals surface area contributed by atoms with E-state index in [-0.39, 0.29) is 35.6 Å². The van der Waals surface area contributed by atoms with E-state index in [2.05, 4.69) is 10.6 Å². The minimum atomic E-state index is -0.377. The van der Waals surface area contributed by atoms with Gasteiger partial charge in [0.15, 0.2) is 0 Å². The Balaban J connectivity index is 1.23. The van der Waals surface area contributed by atoms with Gasteiger partial charge in [-0.15, -0.1) is 0 Å². The molecule has 1 amide bonds. The Labute approximate surface area is 256 Å². The zero-order valence-corrected chi connectivity index (χ0v) is 25.6.